The normalized spacial score (nSPS) is 19.5. The van der Waals surface area contributed by atoms with Crippen LogP contribution in [0.1, 0.15) is 10.4 Å². The highest BCUT2D eigenvalue weighted by Gasteiger charge is 2.25. The molecule has 1 saturated heterocycles. The number of carbonyl (C=O) groups is 1. The van der Waals surface area contributed by atoms with E-state index in [-0.39, 0.29) is 36.6 Å². The molecule has 0 aliphatic carbocycles. The first-order chi connectivity index (χ1) is 10.2. The Hall–Kier alpha value is -1.67. The largest absolute Gasteiger partial charge is 0.391 e. The molecule has 3 rings (SSSR count). The minimum absolute atomic E-state index is 0. The topological polar surface area (TPSA) is 92.1 Å². The first-order valence-corrected chi connectivity index (χ1v) is 6.86. The molecule has 0 radical (unpaired) electrons. The number of halogens is 2. The molecule has 126 valence electrons. The van der Waals surface area contributed by atoms with Crippen LogP contribution in [0.15, 0.2) is 36.9 Å². The standard InChI is InChI=1S/C14H17N5O2.2ClH/c20-13-8-16-4-10(13)5-17-14(21)11-6-18-19(9-11)12-2-1-3-15-7-12;;/h1-3,6-7,9-10,13,16,20H,4-5,8H2,(H,17,21);2*1H. The third kappa shape index (κ3) is 4.65. The molecule has 2 unspecified atom stereocenters. The number of nitrogens with one attached hydrogen (secondary N) is 2. The van der Waals surface area contributed by atoms with Crippen LogP contribution in [0.25, 0.3) is 5.69 Å². The van der Waals surface area contributed by atoms with Crippen LogP contribution >= 0.6 is 24.8 Å². The Balaban J connectivity index is 0.00000132. The van der Waals surface area contributed by atoms with Gasteiger partial charge in [-0.25, -0.2) is 4.68 Å². The fourth-order valence-corrected chi connectivity index (χ4v) is 2.32. The van der Waals surface area contributed by atoms with Gasteiger partial charge in [-0.3, -0.25) is 9.78 Å². The Morgan fingerprint density at radius 3 is 2.87 bits per heavy atom. The zero-order valence-corrected chi connectivity index (χ0v) is 13.9. The molecule has 2 atom stereocenters. The first kappa shape index (κ1) is 19.4. The van der Waals surface area contributed by atoms with Gasteiger partial charge in [-0.15, -0.1) is 24.8 Å². The third-order valence-electron chi connectivity index (χ3n) is 3.58. The van der Waals surface area contributed by atoms with E-state index in [0.717, 1.165) is 12.2 Å². The predicted molar refractivity (Wildman–Crippen MR) is 90.6 cm³/mol. The van der Waals surface area contributed by atoms with Crippen molar-refractivity contribution in [2.45, 2.75) is 6.10 Å². The Bertz CT molecular complexity index is 623. The lowest BCUT2D eigenvalue weighted by Gasteiger charge is -2.13. The third-order valence-corrected chi connectivity index (χ3v) is 3.58. The highest BCUT2D eigenvalue weighted by Crippen LogP contribution is 2.09. The van der Waals surface area contributed by atoms with Crippen LogP contribution in [0.5, 0.6) is 0 Å². The number of hydrogen-bond donors (Lipinski definition) is 3. The molecule has 0 bridgehead atoms. The fourth-order valence-electron chi connectivity index (χ4n) is 2.32. The zero-order chi connectivity index (χ0) is 14.7. The van der Waals surface area contributed by atoms with E-state index in [1.54, 1.807) is 23.3 Å². The molecule has 0 saturated carbocycles. The summed E-state index contributed by atoms with van der Waals surface area (Å²) in [5.74, 6) is -0.133. The number of nitrogens with zero attached hydrogens (tertiary/aromatic N) is 3. The summed E-state index contributed by atoms with van der Waals surface area (Å²) in [5, 5.41) is 19.8. The van der Waals surface area contributed by atoms with Gasteiger partial charge in [0.05, 0.1) is 29.7 Å². The smallest absolute Gasteiger partial charge is 0.254 e. The van der Waals surface area contributed by atoms with Crippen molar-refractivity contribution in [3.8, 4) is 5.69 Å². The number of carbonyl (C=O) groups excluding carboxylic acids is 1. The number of aliphatic hydroxyl groups excluding tert-OH is 1. The molecular formula is C14H19Cl2N5O2. The SMILES string of the molecule is Cl.Cl.O=C(NCC1CNCC1O)c1cnn(-c2cccnc2)c1. The Morgan fingerprint density at radius 2 is 2.22 bits per heavy atom. The van der Waals surface area contributed by atoms with Crippen molar-refractivity contribution in [2.24, 2.45) is 5.92 Å². The van der Waals surface area contributed by atoms with Gasteiger partial charge >= 0.3 is 0 Å². The average Bonchev–Trinajstić information content (AvgIpc) is 3.15. The van der Waals surface area contributed by atoms with Crippen molar-refractivity contribution < 1.29 is 9.90 Å². The van der Waals surface area contributed by atoms with Gasteiger partial charge in [-0.1, -0.05) is 0 Å². The summed E-state index contributed by atoms with van der Waals surface area (Å²) in [6, 6.07) is 3.67. The Labute approximate surface area is 146 Å². The van der Waals surface area contributed by atoms with E-state index in [4.69, 9.17) is 0 Å². The Kier molecular flexibility index (Phi) is 7.44. The van der Waals surface area contributed by atoms with E-state index in [1.165, 1.54) is 6.20 Å². The molecule has 9 heteroatoms. The van der Waals surface area contributed by atoms with E-state index >= 15 is 0 Å². The summed E-state index contributed by atoms with van der Waals surface area (Å²) < 4.78 is 1.61. The molecule has 2 aromatic rings. The Morgan fingerprint density at radius 1 is 1.39 bits per heavy atom. The highest BCUT2D eigenvalue weighted by atomic mass is 35.5. The number of aromatic nitrogens is 3. The van der Waals surface area contributed by atoms with Gasteiger partial charge in [0, 0.05) is 37.9 Å². The number of pyridine rings is 1. The number of rotatable bonds is 4. The highest BCUT2D eigenvalue weighted by molar-refractivity contribution is 5.93. The van der Waals surface area contributed by atoms with Crippen LogP contribution in [0.4, 0.5) is 0 Å². The first-order valence-electron chi connectivity index (χ1n) is 6.86. The van der Waals surface area contributed by atoms with Crippen LogP contribution in [0.3, 0.4) is 0 Å². The van der Waals surface area contributed by atoms with Crippen LogP contribution < -0.4 is 10.6 Å². The van der Waals surface area contributed by atoms with Crippen molar-refractivity contribution in [3.63, 3.8) is 0 Å². The summed E-state index contributed by atoms with van der Waals surface area (Å²) in [5.41, 5.74) is 1.28. The molecule has 3 N–H and O–H groups in total. The molecule has 0 aromatic carbocycles. The number of β-amino-alcohol motifs (C(OH)–C–C–N with tert-alkyl or cyclic N) is 1. The number of hydrogen-bond acceptors (Lipinski definition) is 5. The molecule has 0 spiro atoms. The van der Waals surface area contributed by atoms with Crippen molar-refractivity contribution in [3.05, 3.63) is 42.5 Å². The molecule has 1 aliphatic heterocycles. The van der Waals surface area contributed by atoms with E-state index in [2.05, 4.69) is 20.7 Å². The van der Waals surface area contributed by atoms with Gasteiger partial charge in [0.25, 0.3) is 5.91 Å². The minimum atomic E-state index is -0.400. The van der Waals surface area contributed by atoms with Gasteiger partial charge in [0.2, 0.25) is 0 Å². The van der Waals surface area contributed by atoms with Crippen LogP contribution in [0.2, 0.25) is 0 Å². The van der Waals surface area contributed by atoms with Crippen molar-refractivity contribution in [2.75, 3.05) is 19.6 Å². The van der Waals surface area contributed by atoms with Crippen LogP contribution in [-0.2, 0) is 0 Å². The maximum absolute atomic E-state index is 12.1. The molecule has 1 aliphatic rings. The summed E-state index contributed by atoms with van der Waals surface area (Å²) in [6.07, 6.45) is 6.14. The second-order valence-electron chi connectivity index (χ2n) is 5.08. The van der Waals surface area contributed by atoms with Crippen molar-refractivity contribution >= 4 is 30.7 Å². The monoisotopic (exact) mass is 359 g/mol. The molecular weight excluding hydrogens is 341 g/mol. The maximum Gasteiger partial charge on any atom is 0.254 e. The van der Waals surface area contributed by atoms with E-state index in [1.807, 2.05) is 12.1 Å². The molecule has 1 fully saturated rings. The second-order valence-corrected chi connectivity index (χ2v) is 5.08. The zero-order valence-electron chi connectivity index (χ0n) is 12.3. The lowest BCUT2D eigenvalue weighted by Crippen LogP contribution is -2.34. The van der Waals surface area contributed by atoms with Gasteiger partial charge in [0.15, 0.2) is 0 Å². The average molecular weight is 360 g/mol. The lowest BCUT2D eigenvalue weighted by atomic mass is 10.1. The van der Waals surface area contributed by atoms with Gasteiger partial charge in [-0.2, -0.15) is 5.10 Å². The maximum atomic E-state index is 12.1. The van der Waals surface area contributed by atoms with Crippen molar-refractivity contribution in [1.82, 2.24) is 25.4 Å². The van der Waals surface area contributed by atoms with Crippen molar-refractivity contribution in [1.29, 1.82) is 0 Å². The fraction of sp³-hybridized carbons (Fsp3) is 0.357. The molecule has 3 heterocycles. The molecule has 7 nitrogen and oxygen atoms in total. The van der Waals surface area contributed by atoms with Crippen LogP contribution in [-0.4, -0.2) is 51.5 Å². The summed E-state index contributed by atoms with van der Waals surface area (Å²) in [6.45, 7) is 1.75. The molecule has 2 aromatic heterocycles. The summed E-state index contributed by atoms with van der Waals surface area (Å²) >= 11 is 0. The van der Waals surface area contributed by atoms with Crippen LogP contribution in [0, 0.1) is 5.92 Å². The van der Waals surface area contributed by atoms with Gasteiger partial charge in [0.1, 0.15) is 0 Å². The van der Waals surface area contributed by atoms with Gasteiger partial charge in [-0.05, 0) is 12.1 Å². The van der Waals surface area contributed by atoms with E-state index < -0.39 is 6.10 Å². The summed E-state index contributed by atoms with van der Waals surface area (Å²) in [7, 11) is 0. The van der Waals surface area contributed by atoms with Gasteiger partial charge < -0.3 is 15.7 Å². The second kappa shape index (κ2) is 8.83. The number of aliphatic hydroxyl groups is 1. The molecule has 23 heavy (non-hydrogen) atoms. The molecule has 1 amide bonds. The predicted octanol–water partition coefficient (Wildman–Crippen LogP) is 0.421. The summed E-state index contributed by atoms with van der Waals surface area (Å²) in [4.78, 5) is 16.1. The van der Waals surface area contributed by atoms with E-state index in [9.17, 15) is 9.90 Å². The quantitative estimate of drug-likeness (QED) is 0.735. The lowest BCUT2D eigenvalue weighted by molar-refractivity contribution is 0.0927. The van der Waals surface area contributed by atoms with E-state index in [0.29, 0.717) is 18.7 Å². The number of amides is 1. The minimum Gasteiger partial charge on any atom is -0.391 e.